The van der Waals surface area contributed by atoms with E-state index in [0.717, 1.165) is 11.3 Å². The quantitative estimate of drug-likeness (QED) is 0.836. The number of benzene rings is 1. The van der Waals surface area contributed by atoms with Gasteiger partial charge in [-0.05, 0) is 25.0 Å². The lowest BCUT2D eigenvalue weighted by Gasteiger charge is -2.08. The standard InChI is InChI=1S/C13H17N3/c1-9-8-15-16(3)13(9)12-6-4-11(5-7-12)10(2)14/h4-8,10H,14H2,1-3H3. The van der Waals surface area contributed by atoms with Gasteiger partial charge < -0.3 is 5.73 Å². The molecule has 16 heavy (non-hydrogen) atoms. The molecule has 0 saturated heterocycles. The predicted octanol–water partition coefficient (Wildman–Crippen LogP) is 2.42. The molecule has 3 nitrogen and oxygen atoms in total. The van der Waals surface area contributed by atoms with E-state index in [4.69, 9.17) is 5.73 Å². The molecule has 84 valence electrons. The van der Waals surface area contributed by atoms with Gasteiger partial charge in [-0.3, -0.25) is 4.68 Å². The molecule has 1 aromatic heterocycles. The van der Waals surface area contributed by atoms with Gasteiger partial charge in [0.1, 0.15) is 0 Å². The highest BCUT2D eigenvalue weighted by Gasteiger charge is 2.07. The van der Waals surface area contributed by atoms with E-state index in [1.54, 1.807) is 0 Å². The van der Waals surface area contributed by atoms with E-state index in [9.17, 15) is 0 Å². The fraction of sp³-hybridized carbons (Fsp3) is 0.308. The number of hydrogen-bond donors (Lipinski definition) is 1. The Balaban J connectivity index is 2.42. The Bertz CT molecular complexity index is 461. The van der Waals surface area contributed by atoms with E-state index in [1.807, 2.05) is 24.9 Å². The number of rotatable bonds is 2. The second-order valence-corrected chi connectivity index (χ2v) is 4.21. The van der Waals surface area contributed by atoms with Crippen LogP contribution in [0.3, 0.4) is 0 Å². The first-order chi connectivity index (χ1) is 7.59. The van der Waals surface area contributed by atoms with Crippen molar-refractivity contribution in [2.24, 2.45) is 12.8 Å². The topological polar surface area (TPSA) is 43.8 Å². The summed E-state index contributed by atoms with van der Waals surface area (Å²) < 4.78 is 1.90. The first-order valence-electron chi connectivity index (χ1n) is 5.44. The van der Waals surface area contributed by atoms with Crippen molar-refractivity contribution in [3.8, 4) is 11.3 Å². The monoisotopic (exact) mass is 215 g/mol. The third kappa shape index (κ3) is 1.86. The molecule has 2 N–H and O–H groups in total. The number of aromatic nitrogens is 2. The largest absolute Gasteiger partial charge is 0.324 e. The molecule has 0 aliphatic heterocycles. The lowest BCUT2D eigenvalue weighted by Crippen LogP contribution is -2.04. The summed E-state index contributed by atoms with van der Waals surface area (Å²) >= 11 is 0. The van der Waals surface area contributed by atoms with Crippen LogP contribution in [0.2, 0.25) is 0 Å². The zero-order valence-electron chi connectivity index (χ0n) is 9.94. The molecule has 0 radical (unpaired) electrons. The Morgan fingerprint density at radius 3 is 2.31 bits per heavy atom. The third-order valence-electron chi connectivity index (χ3n) is 2.83. The van der Waals surface area contributed by atoms with Gasteiger partial charge in [-0.2, -0.15) is 5.10 Å². The van der Waals surface area contributed by atoms with Crippen LogP contribution in [0.5, 0.6) is 0 Å². The van der Waals surface area contributed by atoms with Crippen LogP contribution in [0.4, 0.5) is 0 Å². The molecule has 1 atom stereocenters. The van der Waals surface area contributed by atoms with E-state index < -0.39 is 0 Å². The van der Waals surface area contributed by atoms with Crippen LogP contribution >= 0.6 is 0 Å². The number of hydrogen-bond acceptors (Lipinski definition) is 2. The van der Waals surface area contributed by atoms with Crippen molar-refractivity contribution in [3.63, 3.8) is 0 Å². The molecule has 1 unspecified atom stereocenters. The smallest absolute Gasteiger partial charge is 0.0708 e. The summed E-state index contributed by atoms with van der Waals surface area (Å²) in [5.41, 5.74) is 10.5. The summed E-state index contributed by atoms with van der Waals surface area (Å²) in [6.07, 6.45) is 1.88. The van der Waals surface area contributed by atoms with Crippen LogP contribution in [0.1, 0.15) is 24.1 Å². The van der Waals surface area contributed by atoms with Gasteiger partial charge in [0, 0.05) is 18.7 Å². The maximum Gasteiger partial charge on any atom is 0.0708 e. The molecule has 0 aliphatic rings. The molecular weight excluding hydrogens is 198 g/mol. The average molecular weight is 215 g/mol. The molecule has 0 spiro atoms. The zero-order valence-corrected chi connectivity index (χ0v) is 9.94. The van der Waals surface area contributed by atoms with Crippen LogP contribution in [0.25, 0.3) is 11.3 Å². The summed E-state index contributed by atoms with van der Waals surface area (Å²) in [5, 5.41) is 4.24. The minimum Gasteiger partial charge on any atom is -0.324 e. The van der Waals surface area contributed by atoms with Crippen LogP contribution in [-0.2, 0) is 7.05 Å². The Kier molecular flexibility index (Phi) is 2.79. The Hall–Kier alpha value is -1.61. The van der Waals surface area contributed by atoms with Crippen molar-refractivity contribution in [1.29, 1.82) is 0 Å². The van der Waals surface area contributed by atoms with Gasteiger partial charge in [-0.25, -0.2) is 0 Å². The van der Waals surface area contributed by atoms with Gasteiger partial charge in [-0.1, -0.05) is 24.3 Å². The van der Waals surface area contributed by atoms with Crippen molar-refractivity contribution in [2.45, 2.75) is 19.9 Å². The summed E-state index contributed by atoms with van der Waals surface area (Å²) in [6.45, 7) is 4.06. The molecule has 0 aliphatic carbocycles. The maximum absolute atomic E-state index is 5.82. The van der Waals surface area contributed by atoms with Crippen LogP contribution in [-0.4, -0.2) is 9.78 Å². The maximum atomic E-state index is 5.82. The Morgan fingerprint density at radius 1 is 1.25 bits per heavy atom. The molecule has 0 bridgehead atoms. The van der Waals surface area contributed by atoms with E-state index in [1.165, 1.54) is 11.1 Å². The Labute approximate surface area is 95.9 Å². The van der Waals surface area contributed by atoms with Gasteiger partial charge in [0.2, 0.25) is 0 Å². The average Bonchev–Trinajstić information content (AvgIpc) is 2.59. The molecule has 2 rings (SSSR count). The summed E-state index contributed by atoms with van der Waals surface area (Å²) in [6, 6.07) is 8.44. The number of aryl methyl sites for hydroxylation is 2. The molecular formula is C13H17N3. The molecule has 2 aromatic rings. The van der Waals surface area contributed by atoms with Crippen molar-refractivity contribution < 1.29 is 0 Å². The van der Waals surface area contributed by atoms with E-state index in [0.29, 0.717) is 0 Å². The minimum absolute atomic E-state index is 0.0849. The van der Waals surface area contributed by atoms with Crippen LogP contribution in [0.15, 0.2) is 30.5 Å². The first-order valence-corrected chi connectivity index (χ1v) is 5.44. The van der Waals surface area contributed by atoms with Gasteiger partial charge in [-0.15, -0.1) is 0 Å². The first kappa shape index (κ1) is 10.9. The predicted molar refractivity (Wildman–Crippen MR) is 66.0 cm³/mol. The van der Waals surface area contributed by atoms with Gasteiger partial charge >= 0.3 is 0 Å². The fourth-order valence-corrected chi connectivity index (χ4v) is 1.91. The normalized spacial score (nSPS) is 12.8. The van der Waals surface area contributed by atoms with Gasteiger partial charge in [0.05, 0.1) is 11.9 Å². The lowest BCUT2D eigenvalue weighted by atomic mass is 10.0. The van der Waals surface area contributed by atoms with Crippen molar-refractivity contribution in [1.82, 2.24) is 9.78 Å². The summed E-state index contributed by atoms with van der Waals surface area (Å²) in [7, 11) is 1.96. The Morgan fingerprint density at radius 2 is 1.88 bits per heavy atom. The highest BCUT2D eigenvalue weighted by molar-refractivity contribution is 5.63. The van der Waals surface area contributed by atoms with E-state index >= 15 is 0 Å². The molecule has 0 fully saturated rings. The summed E-state index contributed by atoms with van der Waals surface area (Å²) in [5.74, 6) is 0. The molecule has 1 heterocycles. The van der Waals surface area contributed by atoms with Crippen molar-refractivity contribution >= 4 is 0 Å². The highest BCUT2D eigenvalue weighted by atomic mass is 15.3. The van der Waals surface area contributed by atoms with E-state index in [-0.39, 0.29) is 6.04 Å². The number of nitrogens with two attached hydrogens (primary N) is 1. The second kappa shape index (κ2) is 4.10. The SMILES string of the molecule is Cc1cnn(C)c1-c1ccc(C(C)N)cc1. The molecule has 0 saturated carbocycles. The van der Waals surface area contributed by atoms with Crippen LogP contribution in [0, 0.1) is 6.92 Å². The molecule has 1 aromatic carbocycles. The second-order valence-electron chi connectivity index (χ2n) is 4.21. The number of nitrogens with zero attached hydrogens (tertiary/aromatic N) is 2. The summed E-state index contributed by atoms with van der Waals surface area (Å²) in [4.78, 5) is 0. The third-order valence-corrected chi connectivity index (χ3v) is 2.83. The van der Waals surface area contributed by atoms with Crippen LogP contribution < -0.4 is 5.73 Å². The lowest BCUT2D eigenvalue weighted by molar-refractivity contribution is 0.775. The zero-order chi connectivity index (χ0) is 11.7. The minimum atomic E-state index is 0.0849. The van der Waals surface area contributed by atoms with E-state index in [2.05, 4.69) is 36.3 Å². The van der Waals surface area contributed by atoms with Gasteiger partial charge in [0.25, 0.3) is 0 Å². The molecule has 0 amide bonds. The van der Waals surface area contributed by atoms with Crippen molar-refractivity contribution in [2.75, 3.05) is 0 Å². The van der Waals surface area contributed by atoms with Gasteiger partial charge in [0.15, 0.2) is 0 Å². The van der Waals surface area contributed by atoms with Crippen molar-refractivity contribution in [3.05, 3.63) is 41.6 Å². The molecule has 3 heteroatoms. The fourth-order valence-electron chi connectivity index (χ4n) is 1.91. The highest BCUT2D eigenvalue weighted by Crippen LogP contribution is 2.23.